The number of phenols is 2. The van der Waals surface area contributed by atoms with E-state index in [-0.39, 0.29) is 69.7 Å². The van der Waals surface area contributed by atoms with Gasteiger partial charge in [-0.2, -0.15) is 4.98 Å². The molecule has 11 rings (SSSR count). The van der Waals surface area contributed by atoms with E-state index in [2.05, 4.69) is 67.4 Å². The first-order chi connectivity index (χ1) is 41.6. The molecule has 0 spiro atoms. The van der Waals surface area contributed by atoms with Gasteiger partial charge in [-0.25, -0.2) is 17.7 Å². The number of carbonyl (C=O) groups excluding carboxylic acids is 3. The highest BCUT2D eigenvalue weighted by Gasteiger charge is 2.37. The number of hydrogen-bond donors (Lipinski definition) is 4. The summed E-state index contributed by atoms with van der Waals surface area (Å²) in [6.07, 6.45) is 11.0. The highest BCUT2D eigenvalue weighted by atomic mass is 32.2. The van der Waals surface area contributed by atoms with Gasteiger partial charge in [-0.1, -0.05) is 44.0 Å². The molecule has 4 aromatic carbocycles. The van der Waals surface area contributed by atoms with Gasteiger partial charge >= 0.3 is 0 Å². The first-order valence-electron chi connectivity index (χ1n) is 30.5. The highest BCUT2D eigenvalue weighted by Crippen LogP contribution is 2.42. The lowest BCUT2D eigenvalue weighted by Crippen LogP contribution is -2.49. The van der Waals surface area contributed by atoms with Crippen LogP contribution >= 0.6 is 0 Å². The van der Waals surface area contributed by atoms with Crippen LogP contribution in [0.4, 0.5) is 34.5 Å². The fourth-order valence-electron chi connectivity index (χ4n) is 12.8. The number of aromatic nitrogens is 5. The second-order valence-electron chi connectivity index (χ2n) is 23.4. The Labute approximate surface area is 503 Å². The SMILES string of the molecule is CCCc1cc(-c2nnc(C(=O)NCCN3CCCCC3)n2-c2ccc(CN3CCN(CC4CCN(C(=O)C5CCN(c6ccc(Nc7ncc8c(n7)N(S(C)(=O)=O)c7ccccc7C(=O)N8C)c(OCC)c6)CC5)CC4)CC3)cc2)c(O)cc1O. The van der Waals surface area contributed by atoms with E-state index in [1.807, 2.05) is 44.2 Å². The number of anilines is 6. The number of amides is 3. The zero-order valence-corrected chi connectivity index (χ0v) is 50.6. The molecule has 5 aliphatic heterocycles. The van der Waals surface area contributed by atoms with Crippen LogP contribution in [0.1, 0.15) is 97.3 Å². The molecule has 0 unspecified atom stereocenters. The Morgan fingerprint density at radius 3 is 2.20 bits per heavy atom. The fourth-order valence-corrected chi connectivity index (χ4v) is 13.7. The lowest BCUT2D eigenvalue weighted by Gasteiger charge is -2.40. The second-order valence-corrected chi connectivity index (χ2v) is 25.2. The second kappa shape index (κ2) is 26.4. The third-order valence-electron chi connectivity index (χ3n) is 17.5. The van der Waals surface area contributed by atoms with Gasteiger partial charge in [-0.3, -0.25) is 23.9 Å². The van der Waals surface area contributed by atoms with Crippen molar-refractivity contribution in [3.63, 3.8) is 0 Å². The molecule has 4 fully saturated rings. The third-order valence-corrected chi connectivity index (χ3v) is 18.5. The van der Waals surface area contributed by atoms with E-state index in [4.69, 9.17) is 4.74 Å². The number of fused-ring (bicyclic) bond motifs is 2. The molecule has 0 saturated carbocycles. The first kappa shape index (κ1) is 59.9. The molecule has 4 N–H and O–H groups in total. The zero-order chi connectivity index (χ0) is 60.1. The molecular formula is C63H80N14O8S. The molecule has 5 aliphatic rings. The lowest BCUT2D eigenvalue weighted by atomic mass is 9.91. The number of likely N-dealkylation sites (tertiary alicyclic amines) is 2. The van der Waals surface area contributed by atoms with Gasteiger partial charge in [0.2, 0.25) is 27.7 Å². The van der Waals surface area contributed by atoms with Gasteiger partial charge in [-0.15, -0.1) is 10.2 Å². The summed E-state index contributed by atoms with van der Waals surface area (Å²) in [5.41, 5.74) is 5.15. The van der Waals surface area contributed by atoms with Gasteiger partial charge in [0.1, 0.15) is 22.9 Å². The van der Waals surface area contributed by atoms with E-state index in [9.17, 15) is 33.0 Å². The smallest absolute Gasteiger partial charge is 0.289 e. The molecule has 4 saturated heterocycles. The molecule has 23 heteroatoms. The fraction of sp³-hybridized carbons (Fsp3) is 0.476. The molecule has 6 aromatic rings. The Morgan fingerprint density at radius 1 is 0.756 bits per heavy atom. The van der Waals surface area contributed by atoms with Crippen LogP contribution in [0.15, 0.2) is 85.1 Å². The van der Waals surface area contributed by atoms with Crippen molar-refractivity contribution in [1.82, 2.24) is 49.6 Å². The van der Waals surface area contributed by atoms with Crippen molar-refractivity contribution < 1.29 is 37.8 Å². The number of para-hydroxylation sites is 1. The lowest BCUT2D eigenvalue weighted by molar-refractivity contribution is -0.137. The van der Waals surface area contributed by atoms with E-state index < -0.39 is 10.0 Å². The average Bonchev–Trinajstić information content (AvgIpc) is 1.95. The Hall–Kier alpha value is -7.86. The summed E-state index contributed by atoms with van der Waals surface area (Å²) in [5, 5.41) is 36.8. The van der Waals surface area contributed by atoms with Gasteiger partial charge in [0.05, 0.1) is 41.6 Å². The number of hydrogen-bond acceptors (Lipinski definition) is 17. The van der Waals surface area contributed by atoms with Crippen molar-refractivity contribution in [2.24, 2.45) is 11.8 Å². The number of piperidine rings is 3. The van der Waals surface area contributed by atoms with Gasteiger partial charge in [-0.05, 0) is 124 Å². The van der Waals surface area contributed by atoms with Crippen LogP contribution in [0.25, 0.3) is 17.1 Å². The molecule has 0 radical (unpaired) electrons. The number of aromatic hydroxyl groups is 2. The summed E-state index contributed by atoms with van der Waals surface area (Å²) >= 11 is 0. The van der Waals surface area contributed by atoms with Crippen molar-refractivity contribution in [2.75, 3.05) is 124 Å². The van der Waals surface area contributed by atoms with Crippen molar-refractivity contribution in [3.05, 3.63) is 108 Å². The van der Waals surface area contributed by atoms with Gasteiger partial charge in [0, 0.05) is 115 Å². The molecular weight excluding hydrogens is 1110 g/mol. The van der Waals surface area contributed by atoms with Gasteiger partial charge in [0.15, 0.2) is 11.6 Å². The molecule has 86 heavy (non-hydrogen) atoms. The molecule has 3 amide bonds. The normalized spacial score (nSPS) is 17.7. The predicted molar refractivity (Wildman–Crippen MR) is 332 cm³/mol. The Kier molecular flexibility index (Phi) is 18.4. The monoisotopic (exact) mass is 1190 g/mol. The first-order valence-corrected chi connectivity index (χ1v) is 32.4. The molecule has 0 atom stereocenters. The number of rotatable bonds is 19. The number of phenolic OH excluding ortho intramolecular Hbond substituents is 2. The third kappa shape index (κ3) is 13.2. The van der Waals surface area contributed by atoms with Crippen LogP contribution in [-0.4, -0.2) is 186 Å². The van der Waals surface area contributed by atoms with Crippen molar-refractivity contribution >= 4 is 62.3 Å². The van der Waals surface area contributed by atoms with Crippen LogP contribution in [-0.2, 0) is 27.8 Å². The summed E-state index contributed by atoms with van der Waals surface area (Å²) in [7, 11) is -2.37. The summed E-state index contributed by atoms with van der Waals surface area (Å²) in [5.74, 6) is 1.11. The molecule has 0 bridgehead atoms. The number of benzene rings is 4. The van der Waals surface area contributed by atoms with Crippen LogP contribution < -0.4 is 29.5 Å². The van der Waals surface area contributed by atoms with Gasteiger partial charge < -0.3 is 50.1 Å². The van der Waals surface area contributed by atoms with E-state index in [0.717, 1.165) is 139 Å². The quantitative estimate of drug-likeness (QED) is 0.0618. The van der Waals surface area contributed by atoms with Gasteiger partial charge in [0.25, 0.3) is 11.8 Å². The van der Waals surface area contributed by atoms with Crippen LogP contribution in [0.5, 0.6) is 17.2 Å². The predicted octanol–water partition coefficient (Wildman–Crippen LogP) is 7.41. The summed E-state index contributed by atoms with van der Waals surface area (Å²) < 4.78 is 35.5. The Balaban J connectivity index is 0.649. The Morgan fingerprint density at radius 2 is 1.48 bits per heavy atom. The van der Waals surface area contributed by atoms with E-state index in [1.165, 1.54) is 36.4 Å². The molecule has 0 aliphatic carbocycles. The number of sulfonamides is 1. The molecule has 7 heterocycles. The maximum Gasteiger partial charge on any atom is 0.289 e. The van der Waals surface area contributed by atoms with Crippen molar-refractivity contribution in [3.8, 4) is 34.3 Å². The minimum absolute atomic E-state index is 0.0180. The molecule has 456 valence electrons. The number of nitrogens with one attached hydrogen (secondary N) is 2. The van der Waals surface area contributed by atoms with Crippen LogP contribution in [0, 0.1) is 11.8 Å². The minimum atomic E-state index is -3.93. The highest BCUT2D eigenvalue weighted by molar-refractivity contribution is 7.92. The van der Waals surface area contributed by atoms with Crippen LogP contribution in [0.3, 0.4) is 0 Å². The molecule has 22 nitrogen and oxygen atoms in total. The summed E-state index contributed by atoms with van der Waals surface area (Å²) in [6, 6.07) is 23.6. The zero-order valence-electron chi connectivity index (χ0n) is 49.8. The number of piperazine rings is 1. The largest absolute Gasteiger partial charge is 0.508 e. The minimum Gasteiger partial charge on any atom is -0.508 e. The van der Waals surface area contributed by atoms with Crippen molar-refractivity contribution in [1.29, 1.82) is 0 Å². The topological polar surface area (TPSA) is 238 Å². The number of carbonyl (C=O) groups is 3. The van der Waals surface area contributed by atoms with Crippen molar-refractivity contribution in [2.45, 2.75) is 78.2 Å². The molecule has 2 aromatic heterocycles. The summed E-state index contributed by atoms with van der Waals surface area (Å²) in [6.45, 7) is 16.3. The summed E-state index contributed by atoms with van der Waals surface area (Å²) in [4.78, 5) is 63.6. The maximum atomic E-state index is 14.0. The number of ether oxygens (including phenoxy) is 1. The van der Waals surface area contributed by atoms with Crippen LogP contribution in [0.2, 0.25) is 0 Å². The average molecular weight is 1190 g/mol. The maximum absolute atomic E-state index is 14.0. The number of aryl methyl sites for hydroxylation is 1. The number of nitrogens with zero attached hydrogens (tertiary/aromatic N) is 12. The van der Waals surface area contributed by atoms with E-state index >= 15 is 0 Å². The standard InChI is InChI=1S/C63H80N14O8S/c1-5-12-46-37-50(55(79)39-54(46)78)57-68-69-59(60(80)64-25-32-71-26-10-7-11-27-71)76(57)47-17-15-43(16-18-47)41-72-33-35-73(36-34-72)42-44-21-28-75(29-22-44)61(81)45-23-30-74(31-24-45)48-19-20-51(56(38-48)85-6-2)66-63-65-40-53-58(67-63)77(86(4,83)84)52-14-9-8-13-49(52)62(82)70(53)3/h8-9,13-20,37-40,44-45,78-79H,5-7,10-12,21-36,41-42H2,1-4H3,(H,64,80)(H,65,66,67). The Bertz CT molecular complexity index is 3520. The van der Waals surface area contributed by atoms with E-state index in [1.54, 1.807) is 41.9 Å². The van der Waals surface area contributed by atoms with E-state index in [0.29, 0.717) is 59.6 Å².